The van der Waals surface area contributed by atoms with Crippen molar-refractivity contribution in [2.45, 2.75) is 55.0 Å². The zero-order chi connectivity index (χ0) is 30.2. The summed E-state index contributed by atoms with van der Waals surface area (Å²) in [6.07, 6.45) is -1.22. The van der Waals surface area contributed by atoms with Gasteiger partial charge >= 0.3 is 236 Å². The second-order valence-corrected chi connectivity index (χ2v) is 16.5. The van der Waals surface area contributed by atoms with Gasteiger partial charge in [-0.2, -0.15) is 0 Å². The van der Waals surface area contributed by atoms with E-state index in [-0.39, 0.29) is 243 Å². The predicted octanol–water partition coefficient (Wildman–Crippen LogP) is -27.2. The molecule has 0 aliphatic carbocycles. The summed E-state index contributed by atoms with van der Waals surface area (Å²) in [5.41, 5.74) is 12.9. The number of benzene rings is 2. The van der Waals surface area contributed by atoms with Gasteiger partial charge in [0.25, 0.3) is 0 Å². The molecule has 2 aromatic rings. The SMILES string of the molecule is CC(c1ccccc1)C(N)CC(P(=O)([O-])[O-])P(=O)([O-])[O-].NC(Cc1ccccc1)CC(P(=O)([O-])[O-])P(=O)([O-])[O-].[Na+].[Na+].[Na+].[Na+].[Na+].[Na+].[Na+].[Na+]. The van der Waals surface area contributed by atoms with Crippen LogP contribution < -0.4 is 287 Å². The molecule has 0 saturated heterocycles. The first-order valence-corrected chi connectivity index (χ1v) is 17.8. The van der Waals surface area contributed by atoms with Crippen molar-refractivity contribution in [1.29, 1.82) is 0 Å². The van der Waals surface area contributed by atoms with Gasteiger partial charge in [-0.1, -0.05) is 98.0 Å². The standard InChI is InChI=1S/C11H19NO6P2.C10H17NO6P2.8Na/c1-8(9-5-3-2-4-6-9)10(12)7-11(19(13,14)15)20(16,17)18;11-9(6-8-4-2-1-3-5-8)7-10(18(12,13)14)19(15,16)17;;;;;;;;/h2-6,8,10-11H,7,12H2,1H3,(H2,13,14,15)(H2,16,17,18);1-5,9-10H,6-7,11H2,(H2,12,13,14)(H2,15,16,17);;;;;;;;/q;;8*+1/p-8. The third-order valence-electron chi connectivity index (χ3n) is 5.76. The summed E-state index contributed by atoms with van der Waals surface area (Å²) < 4.78 is 43.5. The van der Waals surface area contributed by atoms with Crippen LogP contribution in [0.2, 0.25) is 0 Å². The van der Waals surface area contributed by atoms with E-state index in [1.165, 1.54) is 0 Å². The normalized spacial score (nSPS) is 12.8. The van der Waals surface area contributed by atoms with E-state index in [9.17, 15) is 57.4 Å². The maximum absolute atomic E-state index is 10.9. The van der Waals surface area contributed by atoms with Gasteiger partial charge in [0.15, 0.2) is 0 Å². The molecule has 0 amide bonds. The molecule has 0 heterocycles. The fourth-order valence-corrected chi connectivity index (χ4v) is 8.42. The fourth-order valence-electron chi connectivity index (χ4n) is 3.59. The minimum atomic E-state index is -5.55. The smallest absolute Gasteiger partial charge is 0.810 e. The third-order valence-corrected chi connectivity index (χ3v) is 12.9. The minimum absolute atomic E-state index is 0. The first kappa shape index (κ1) is 71.6. The number of hydrogen-bond donors (Lipinski definition) is 2. The van der Waals surface area contributed by atoms with E-state index in [1.54, 1.807) is 67.6 Å². The predicted molar refractivity (Wildman–Crippen MR) is 128 cm³/mol. The Bertz CT molecular complexity index is 1200. The van der Waals surface area contributed by atoms with E-state index in [4.69, 9.17) is 11.5 Å². The molecule has 0 saturated carbocycles. The Morgan fingerprint density at radius 3 is 1.15 bits per heavy atom. The first-order chi connectivity index (χ1) is 17.6. The number of nitrogens with two attached hydrogens (primary N) is 2. The molecule has 0 aliphatic rings. The molecule has 0 aliphatic heterocycles. The summed E-state index contributed by atoms with van der Waals surface area (Å²) in [6, 6.07) is 15.6. The average molecular weight is 808 g/mol. The Kier molecular flexibility index (Phi) is 51.7. The zero-order valence-corrected chi connectivity index (χ0v) is 48.2. The number of hydrogen-bond acceptors (Lipinski definition) is 14. The van der Waals surface area contributed by atoms with Crippen molar-refractivity contribution >= 4 is 30.4 Å². The molecule has 3 atom stereocenters. The van der Waals surface area contributed by atoms with Crippen molar-refractivity contribution in [2.75, 3.05) is 0 Å². The molecular weight excluding hydrogens is 780 g/mol. The second kappa shape index (κ2) is 33.9. The van der Waals surface area contributed by atoms with Gasteiger partial charge in [0.05, 0.1) is 0 Å². The van der Waals surface area contributed by atoms with Gasteiger partial charge in [0.2, 0.25) is 0 Å². The molecule has 2 aromatic carbocycles. The molecule has 3 unspecified atom stereocenters. The van der Waals surface area contributed by atoms with Gasteiger partial charge < -0.3 is 68.9 Å². The Labute approximate surface area is 453 Å². The molecule has 0 bridgehead atoms. The molecule has 14 nitrogen and oxygen atoms in total. The summed E-state index contributed by atoms with van der Waals surface area (Å²) in [6.45, 7) is 1.66. The summed E-state index contributed by atoms with van der Waals surface area (Å²) in [7, 11) is -22.1. The molecule has 222 valence electrons. The van der Waals surface area contributed by atoms with Gasteiger partial charge in [0.1, 0.15) is 0 Å². The maximum atomic E-state index is 10.9. The van der Waals surface area contributed by atoms with Crippen molar-refractivity contribution in [3.8, 4) is 0 Å². The average Bonchev–Trinajstić information content (AvgIpc) is 2.79. The zero-order valence-electron chi connectivity index (χ0n) is 28.6. The monoisotopic (exact) mass is 808 g/mol. The van der Waals surface area contributed by atoms with E-state index in [0.717, 1.165) is 11.1 Å². The van der Waals surface area contributed by atoms with Crippen LogP contribution in [-0.2, 0) is 24.7 Å². The van der Waals surface area contributed by atoms with E-state index < -0.39 is 72.0 Å². The van der Waals surface area contributed by atoms with Crippen molar-refractivity contribution in [3.05, 3.63) is 71.8 Å². The molecule has 2 rings (SSSR count). The van der Waals surface area contributed by atoms with E-state index in [1.807, 2.05) is 0 Å². The van der Waals surface area contributed by atoms with Gasteiger partial charge in [0, 0.05) is 22.9 Å². The topological polar surface area (TPSA) is 305 Å². The summed E-state index contributed by atoms with van der Waals surface area (Å²) >= 11 is 0. The van der Waals surface area contributed by atoms with Crippen molar-refractivity contribution < 1.29 is 294 Å². The molecular formula is C21H28N2Na8O12P4. The van der Waals surface area contributed by atoms with E-state index >= 15 is 0 Å². The van der Waals surface area contributed by atoms with Crippen LogP contribution in [0, 0.1) is 0 Å². The quantitative estimate of drug-likeness (QED) is 0.149. The minimum Gasteiger partial charge on any atom is -0.810 e. The van der Waals surface area contributed by atoms with Crippen LogP contribution in [0.4, 0.5) is 0 Å². The molecule has 47 heavy (non-hydrogen) atoms. The largest absolute Gasteiger partial charge is 1.00 e. The van der Waals surface area contributed by atoms with E-state index in [0.29, 0.717) is 0 Å². The van der Waals surface area contributed by atoms with Crippen LogP contribution in [0.3, 0.4) is 0 Å². The Morgan fingerprint density at radius 2 is 0.830 bits per heavy atom. The first-order valence-electron chi connectivity index (χ1n) is 11.3. The second-order valence-electron chi connectivity index (χ2n) is 8.90. The van der Waals surface area contributed by atoms with Crippen molar-refractivity contribution in [1.82, 2.24) is 0 Å². The van der Waals surface area contributed by atoms with Crippen LogP contribution in [-0.4, -0.2) is 22.9 Å². The Morgan fingerprint density at radius 1 is 0.532 bits per heavy atom. The van der Waals surface area contributed by atoms with Gasteiger partial charge in [-0.25, -0.2) is 0 Å². The van der Waals surface area contributed by atoms with Crippen molar-refractivity contribution in [3.63, 3.8) is 0 Å². The van der Waals surface area contributed by atoms with Crippen LogP contribution in [0.25, 0.3) is 0 Å². The van der Waals surface area contributed by atoms with Crippen LogP contribution in [0.1, 0.15) is 36.8 Å². The Hall–Kier alpha value is 6.96. The van der Waals surface area contributed by atoms with Crippen LogP contribution in [0.15, 0.2) is 60.7 Å². The summed E-state index contributed by atoms with van der Waals surface area (Å²) in [5, 5.41) is -4.99. The molecule has 0 radical (unpaired) electrons. The fraction of sp³-hybridized carbons (Fsp3) is 0.429. The van der Waals surface area contributed by atoms with Crippen LogP contribution >= 0.6 is 30.4 Å². The van der Waals surface area contributed by atoms with Gasteiger partial charge in [-0.15, -0.1) is 0 Å². The molecule has 26 heteroatoms. The molecule has 0 spiro atoms. The molecule has 0 fully saturated rings. The van der Waals surface area contributed by atoms with E-state index in [2.05, 4.69) is 0 Å². The Balaban J connectivity index is -0.0000000923. The molecule has 0 aromatic heterocycles. The van der Waals surface area contributed by atoms with Gasteiger partial charge in [-0.3, -0.25) is 0 Å². The summed E-state index contributed by atoms with van der Waals surface area (Å²) in [5.74, 6) is -0.392. The van der Waals surface area contributed by atoms with Crippen LogP contribution in [0.5, 0.6) is 0 Å². The van der Waals surface area contributed by atoms with Crippen molar-refractivity contribution in [2.24, 2.45) is 11.5 Å². The summed E-state index contributed by atoms with van der Waals surface area (Å²) in [4.78, 5) is 86.9. The van der Waals surface area contributed by atoms with Gasteiger partial charge in [-0.05, 0) is 36.3 Å². The number of rotatable bonds is 12. The third kappa shape index (κ3) is 30.7. The molecule has 4 N–H and O–H groups in total. The maximum Gasteiger partial charge on any atom is 1.00 e.